The number of carbonyl (C=O) groups excluding carboxylic acids is 1. The monoisotopic (exact) mass is 351 g/mol. The lowest BCUT2D eigenvalue weighted by atomic mass is 10.3. The first-order valence-electron chi connectivity index (χ1n) is 5.83. The third-order valence-electron chi connectivity index (χ3n) is 2.60. The zero-order valence-corrected chi connectivity index (χ0v) is 13.4. The fourth-order valence-electron chi connectivity index (χ4n) is 1.64. The summed E-state index contributed by atoms with van der Waals surface area (Å²) in [6.07, 6.45) is -0.619. The molecule has 1 aromatic heterocycles. The molecular weight excluding hydrogens is 338 g/mol. The Balaban J connectivity index is 2.19. The SMILES string of the molecule is CC(=O)Nc1nnc(S(=O)(=O)N2CCOC(C(N)=S)C2)s1. The van der Waals surface area contributed by atoms with E-state index >= 15 is 0 Å². The summed E-state index contributed by atoms with van der Waals surface area (Å²) < 4.78 is 31.2. The summed E-state index contributed by atoms with van der Waals surface area (Å²) in [7, 11) is -3.81. The molecule has 12 heteroatoms. The molecule has 1 aliphatic rings. The zero-order valence-electron chi connectivity index (χ0n) is 11.0. The number of ether oxygens (including phenoxy) is 1. The van der Waals surface area contributed by atoms with Crippen LogP contribution in [0.25, 0.3) is 0 Å². The van der Waals surface area contributed by atoms with Crippen LogP contribution in [0.5, 0.6) is 0 Å². The lowest BCUT2D eigenvalue weighted by Gasteiger charge is -2.30. The summed E-state index contributed by atoms with van der Waals surface area (Å²) >= 11 is 5.60. The molecule has 1 saturated heterocycles. The maximum atomic E-state index is 12.4. The average Bonchev–Trinajstić information content (AvgIpc) is 2.87. The molecule has 1 fully saturated rings. The van der Waals surface area contributed by atoms with Gasteiger partial charge in [0.15, 0.2) is 0 Å². The van der Waals surface area contributed by atoms with E-state index < -0.39 is 16.1 Å². The Hall–Kier alpha value is -1.21. The molecule has 0 bridgehead atoms. The minimum atomic E-state index is -3.81. The highest BCUT2D eigenvalue weighted by atomic mass is 32.2. The van der Waals surface area contributed by atoms with E-state index in [1.165, 1.54) is 11.2 Å². The van der Waals surface area contributed by atoms with Crippen LogP contribution < -0.4 is 11.1 Å². The van der Waals surface area contributed by atoms with Gasteiger partial charge in [-0.3, -0.25) is 4.79 Å². The molecule has 1 aliphatic heterocycles. The van der Waals surface area contributed by atoms with Crippen molar-refractivity contribution >= 4 is 49.6 Å². The number of hydrogen-bond donors (Lipinski definition) is 2. The Labute approximate surface area is 130 Å². The van der Waals surface area contributed by atoms with Gasteiger partial charge in [-0.1, -0.05) is 23.6 Å². The molecular formula is C9H13N5O4S3. The fourth-order valence-corrected chi connectivity index (χ4v) is 4.29. The van der Waals surface area contributed by atoms with Crippen LogP contribution in [0.15, 0.2) is 4.34 Å². The van der Waals surface area contributed by atoms with E-state index in [0.717, 1.165) is 11.3 Å². The highest BCUT2D eigenvalue weighted by molar-refractivity contribution is 7.91. The van der Waals surface area contributed by atoms with Gasteiger partial charge in [0.25, 0.3) is 10.0 Å². The molecule has 3 N–H and O–H groups in total. The molecule has 1 aromatic rings. The van der Waals surface area contributed by atoms with Gasteiger partial charge < -0.3 is 15.8 Å². The summed E-state index contributed by atoms with van der Waals surface area (Å²) in [5.74, 6) is -0.352. The van der Waals surface area contributed by atoms with Crippen molar-refractivity contribution in [3.05, 3.63) is 0 Å². The third kappa shape index (κ3) is 3.71. The molecule has 0 saturated carbocycles. The predicted molar refractivity (Wildman–Crippen MR) is 79.5 cm³/mol. The number of nitrogens with one attached hydrogen (secondary N) is 1. The van der Waals surface area contributed by atoms with Gasteiger partial charge in [0.2, 0.25) is 15.4 Å². The highest BCUT2D eigenvalue weighted by Crippen LogP contribution is 2.24. The van der Waals surface area contributed by atoms with Crippen molar-refractivity contribution in [1.29, 1.82) is 0 Å². The first kappa shape index (κ1) is 16.2. The predicted octanol–water partition coefficient (Wildman–Crippen LogP) is -0.828. The summed E-state index contributed by atoms with van der Waals surface area (Å²) in [6.45, 7) is 1.70. The number of nitrogens with two attached hydrogens (primary N) is 1. The second kappa shape index (κ2) is 6.27. The van der Waals surface area contributed by atoms with Crippen LogP contribution in [-0.4, -0.2) is 59.6 Å². The van der Waals surface area contributed by atoms with E-state index in [0.29, 0.717) is 0 Å². The standard InChI is InChI=1S/C9H13N5O4S3/c1-5(15)11-8-12-13-9(20-8)21(16,17)14-2-3-18-6(4-14)7(10)19/h6H,2-4H2,1H3,(H2,10,19)(H,11,12,15). The molecule has 0 aromatic carbocycles. The number of thiocarbonyl (C=S) groups is 1. The summed E-state index contributed by atoms with van der Waals surface area (Å²) in [5, 5.41) is 9.74. The first-order chi connectivity index (χ1) is 9.80. The molecule has 1 amide bonds. The summed E-state index contributed by atoms with van der Waals surface area (Å²) in [4.78, 5) is 11.0. The quantitative estimate of drug-likeness (QED) is 0.531. The van der Waals surface area contributed by atoms with Crippen molar-refractivity contribution in [2.75, 3.05) is 25.0 Å². The number of carbonyl (C=O) groups is 1. The van der Waals surface area contributed by atoms with E-state index in [1.807, 2.05) is 0 Å². The Morgan fingerprint density at radius 3 is 2.90 bits per heavy atom. The lowest BCUT2D eigenvalue weighted by molar-refractivity contribution is -0.114. The van der Waals surface area contributed by atoms with E-state index in [4.69, 9.17) is 22.7 Å². The maximum Gasteiger partial charge on any atom is 0.272 e. The van der Waals surface area contributed by atoms with Crippen molar-refractivity contribution in [1.82, 2.24) is 14.5 Å². The smallest absolute Gasteiger partial charge is 0.272 e. The molecule has 1 atom stereocenters. The van der Waals surface area contributed by atoms with Crippen LogP contribution in [0.1, 0.15) is 6.92 Å². The number of anilines is 1. The average molecular weight is 351 g/mol. The van der Waals surface area contributed by atoms with Gasteiger partial charge in [0, 0.05) is 20.0 Å². The topological polar surface area (TPSA) is 128 Å². The van der Waals surface area contributed by atoms with Crippen LogP contribution in [-0.2, 0) is 19.6 Å². The van der Waals surface area contributed by atoms with E-state index in [2.05, 4.69) is 15.5 Å². The first-order valence-corrected chi connectivity index (χ1v) is 8.49. The van der Waals surface area contributed by atoms with Crippen LogP contribution in [0.2, 0.25) is 0 Å². The number of nitrogens with zero attached hydrogens (tertiary/aromatic N) is 3. The van der Waals surface area contributed by atoms with Crippen LogP contribution in [0.4, 0.5) is 5.13 Å². The Morgan fingerprint density at radius 1 is 1.57 bits per heavy atom. The minimum Gasteiger partial charge on any atom is -0.391 e. The number of rotatable bonds is 4. The van der Waals surface area contributed by atoms with Crippen LogP contribution in [0, 0.1) is 0 Å². The number of sulfonamides is 1. The summed E-state index contributed by atoms with van der Waals surface area (Å²) in [6, 6.07) is 0. The number of morpholine rings is 1. The Morgan fingerprint density at radius 2 is 2.29 bits per heavy atom. The van der Waals surface area contributed by atoms with Gasteiger partial charge in [-0.05, 0) is 0 Å². The van der Waals surface area contributed by atoms with E-state index in [1.54, 1.807) is 0 Å². The minimum absolute atomic E-state index is 0.0344. The van der Waals surface area contributed by atoms with Crippen LogP contribution >= 0.6 is 23.6 Å². The second-order valence-electron chi connectivity index (χ2n) is 4.18. The van der Waals surface area contributed by atoms with Crippen LogP contribution in [0.3, 0.4) is 0 Å². The van der Waals surface area contributed by atoms with Gasteiger partial charge in [-0.15, -0.1) is 10.2 Å². The fraction of sp³-hybridized carbons (Fsp3) is 0.556. The zero-order chi connectivity index (χ0) is 15.6. The Kier molecular flexibility index (Phi) is 4.83. The number of amides is 1. The Bertz CT molecular complexity index is 658. The van der Waals surface area contributed by atoms with Gasteiger partial charge in [0.05, 0.1) is 6.61 Å². The second-order valence-corrected chi connectivity index (χ2v) is 7.74. The largest absolute Gasteiger partial charge is 0.391 e. The van der Waals surface area contributed by atoms with Crippen molar-refractivity contribution in [2.24, 2.45) is 5.73 Å². The molecule has 1 unspecified atom stereocenters. The van der Waals surface area contributed by atoms with Gasteiger partial charge in [-0.2, -0.15) is 4.31 Å². The molecule has 0 radical (unpaired) electrons. The molecule has 2 rings (SSSR count). The van der Waals surface area contributed by atoms with E-state index in [-0.39, 0.29) is 40.1 Å². The molecule has 116 valence electrons. The van der Waals surface area contributed by atoms with E-state index in [9.17, 15) is 13.2 Å². The third-order valence-corrected chi connectivity index (χ3v) is 5.91. The van der Waals surface area contributed by atoms with Crippen molar-refractivity contribution in [3.63, 3.8) is 0 Å². The van der Waals surface area contributed by atoms with Gasteiger partial charge >= 0.3 is 0 Å². The van der Waals surface area contributed by atoms with Crippen molar-refractivity contribution in [2.45, 2.75) is 17.4 Å². The highest BCUT2D eigenvalue weighted by Gasteiger charge is 2.34. The molecule has 0 spiro atoms. The number of aromatic nitrogens is 2. The molecule has 2 heterocycles. The van der Waals surface area contributed by atoms with Crippen molar-refractivity contribution < 1.29 is 17.9 Å². The molecule has 0 aliphatic carbocycles. The van der Waals surface area contributed by atoms with Crippen molar-refractivity contribution in [3.8, 4) is 0 Å². The van der Waals surface area contributed by atoms with Gasteiger partial charge in [0.1, 0.15) is 11.1 Å². The molecule has 9 nitrogen and oxygen atoms in total. The van der Waals surface area contributed by atoms with Gasteiger partial charge in [-0.25, -0.2) is 8.42 Å². The maximum absolute atomic E-state index is 12.4. The number of hydrogen-bond acceptors (Lipinski definition) is 8. The summed E-state index contributed by atoms with van der Waals surface area (Å²) in [5.41, 5.74) is 5.48. The lowest BCUT2D eigenvalue weighted by Crippen LogP contribution is -2.49. The molecule has 21 heavy (non-hydrogen) atoms. The normalized spacial score (nSPS) is 20.1.